The van der Waals surface area contributed by atoms with E-state index in [2.05, 4.69) is 269 Å². The number of hydrogen-bond acceptors (Lipinski definition) is 2. The minimum atomic E-state index is 0.0891. The summed E-state index contributed by atoms with van der Waals surface area (Å²) >= 11 is 0. The molecule has 4 aliphatic rings. The second-order valence-corrected chi connectivity index (χ2v) is 17.1. The van der Waals surface area contributed by atoms with E-state index in [1.807, 2.05) is 27.7 Å². The average molecular weight is 893 g/mol. The van der Waals surface area contributed by atoms with Gasteiger partial charge in [0.05, 0.1) is 0 Å². The van der Waals surface area contributed by atoms with Crippen LogP contribution in [0, 0.1) is 11.8 Å². The topological polar surface area (TPSA) is 6.48 Å². The van der Waals surface area contributed by atoms with Crippen molar-refractivity contribution in [2.45, 2.75) is 74.1 Å². The Morgan fingerprint density at radius 1 is 0.691 bits per heavy atom. The molecule has 0 amide bonds. The molecule has 0 saturated heterocycles. The zero-order valence-corrected chi connectivity index (χ0v) is 41.8. The van der Waals surface area contributed by atoms with Crippen LogP contribution in [-0.2, 0) is 0 Å². The van der Waals surface area contributed by atoms with E-state index in [1.54, 1.807) is 0 Å². The van der Waals surface area contributed by atoms with E-state index in [4.69, 9.17) is 0 Å². The number of benzene rings is 4. The van der Waals surface area contributed by atoms with Crippen molar-refractivity contribution in [1.82, 2.24) is 0 Å². The molecule has 0 aromatic heterocycles. The minimum Gasteiger partial charge on any atom is -0.337 e. The molecule has 346 valence electrons. The third-order valence-electron chi connectivity index (χ3n) is 12.4. The summed E-state index contributed by atoms with van der Waals surface area (Å²) in [5, 5.41) is 0. The van der Waals surface area contributed by atoms with Gasteiger partial charge >= 0.3 is 0 Å². The quantitative estimate of drug-likeness (QED) is 0.116. The number of hydrogen-bond donors (Lipinski definition) is 0. The Morgan fingerprint density at radius 2 is 1.37 bits per heavy atom. The van der Waals surface area contributed by atoms with Crippen molar-refractivity contribution in [3.8, 4) is 0 Å². The lowest BCUT2D eigenvalue weighted by atomic mass is 9.95. The summed E-state index contributed by atoms with van der Waals surface area (Å²) in [6.07, 6.45) is 44.8. The molecule has 0 bridgehead atoms. The SMILES string of the molecule is C=C(/C=C\C1=C(C)C(C)C2=C1C=CCC=C2)N(c1ccccc1)c1ccc(C2=CC=CC(c3ccccc3N(C/C=C\C(=C/C(C)C)C3=CCC=CC=C3)c3ccccc3)C=C2)cc1.CC.CC. The molecule has 0 radical (unpaired) electrons. The maximum absolute atomic E-state index is 4.61. The Bertz CT molecular complexity index is 2730. The summed E-state index contributed by atoms with van der Waals surface area (Å²) in [7, 11) is 0. The van der Waals surface area contributed by atoms with Crippen LogP contribution in [-0.4, -0.2) is 6.54 Å². The molecule has 4 aromatic rings. The van der Waals surface area contributed by atoms with E-state index < -0.39 is 0 Å². The first kappa shape index (κ1) is 50.3. The first-order valence-electron chi connectivity index (χ1n) is 24.9. The molecule has 2 heteroatoms. The first-order valence-corrected chi connectivity index (χ1v) is 24.9. The van der Waals surface area contributed by atoms with Crippen molar-refractivity contribution in [2.75, 3.05) is 16.3 Å². The van der Waals surface area contributed by atoms with Gasteiger partial charge in [0.25, 0.3) is 0 Å². The Balaban J connectivity index is 0.00000185. The molecular weight excluding hydrogens is 821 g/mol. The molecule has 2 unspecified atom stereocenters. The Kier molecular flexibility index (Phi) is 19.0. The third kappa shape index (κ3) is 12.6. The highest BCUT2D eigenvalue weighted by molar-refractivity contribution is 5.79. The van der Waals surface area contributed by atoms with Crippen LogP contribution in [0.4, 0.5) is 22.7 Å². The van der Waals surface area contributed by atoms with Crippen LogP contribution < -0.4 is 9.80 Å². The van der Waals surface area contributed by atoms with E-state index >= 15 is 0 Å². The molecular formula is C66H72N2. The van der Waals surface area contributed by atoms with Crippen LogP contribution in [0.25, 0.3) is 5.57 Å². The van der Waals surface area contributed by atoms with Crippen molar-refractivity contribution in [1.29, 1.82) is 0 Å². The second-order valence-electron chi connectivity index (χ2n) is 17.1. The standard InChI is InChI=1S/C62H60N2.2C2H6/c1-46(2)45-54(50-23-11-6-7-12-24-50)27-22-44-63(55-28-13-8-14-29-55)62-35-20-19-33-60(62)53-26-21-25-51(37-38-53)52-39-41-57(42-40-52)64(56-30-15-9-16-31-56)47(3)36-43-59-49(5)48(4)58-32-17-10-18-34-61(58)59;2*1-2/h6-9,11,13-43,45-46,48,53H,3,10,12,44H2,1-2,4-5H3;2*1-2H3/b27-22-,43-36-,54-45+;;. The van der Waals surface area contributed by atoms with Crippen molar-refractivity contribution in [3.05, 3.63) is 281 Å². The highest BCUT2D eigenvalue weighted by Crippen LogP contribution is 2.41. The molecule has 0 saturated carbocycles. The van der Waals surface area contributed by atoms with Crippen molar-refractivity contribution in [3.63, 3.8) is 0 Å². The normalized spacial score (nSPS) is 17.5. The fourth-order valence-electron chi connectivity index (χ4n) is 8.94. The minimum absolute atomic E-state index is 0.0891. The molecule has 0 N–H and O–H groups in total. The van der Waals surface area contributed by atoms with Crippen LogP contribution in [0.1, 0.15) is 85.3 Å². The Hall–Kier alpha value is -7.16. The highest BCUT2D eigenvalue weighted by Gasteiger charge is 2.25. The summed E-state index contributed by atoms with van der Waals surface area (Å²) in [4.78, 5) is 4.68. The van der Waals surface area contributed by atoms with E-state index in [9.17, 15) is 0 Å². The number of para-hydroxylation sites is 3. The van der Waals surface area contributed by atoms with Crippen molar-refractivity contribution < 1.29 is 0 Å². The second kappa shape index (κ2) is 25.7. The Morgan fingerprint density at radius 3 is 2.10 bits per heavy atom. The van der Waals surface area contributed by atoms with Gasteiger partial charge in [0.1, 0.15) is 0 Å². The summed E-state index contributed by atoms with van der Waals surface area (Å²) in [6, 6.07) is 39.0. The van der Waals surface area contributed by atoms with Gasteiger partial charge in [-0.05, 0) is 119 Å². The molecule has 2 nitrogen and oxygen atoms in total. The van der Waals surface area contributed by atoms with Gasteiger partial charge in [0.2, 0.25) is 0 Å². The van der Waals surface area contributed by atoms with Gasteiger partial charge in [0.15, 0.2) is 0 Å². The third-order valence-corrected chi connectivity index (χ3v) is 12.4. The zero-order chi connectivity index (χ0) is 48.3. The number of allylic oxidation sites excluding steroid dienone is 25. The van der Waals surface area contributed by atoms with E-state index in [0.717, 1.165) is 47.7 Å². The first-order chi connectivity index (χ1) is 33.4. The molecule has 0 spiro atoms. The van der Waals surface area contributed by atoms with Crippen LogP contribution in [0.2, 0.25) is 0 Å². The predicted octanol–water partition coefficient (Wildman–Crippen LogP) is 18.7. The van der Waals surface area contributed by atoms with Gasteiger partial charge in [-0.3, -0.25) is 0 Å². The lowest BCUT2D eigenvalue weighted by molar-refractivity contribution is 0.826. The van der Waals surface area contributed by atoms with Crippen LogP contribution >= 0.6 is 0 Å². The smallest absolute Gasteiger partial charge is 0.0461 e. The zero-order valence-electron chi connectivity index (χ0n) is 41.8. The van der Waals surface area contributed by atoms with Crippen molar-refractivity contribution in [2.24, 2.45) is 11.8 Å². The van der Waals surface area contributed by atoms with Gasteiger partial charge < -0.3 is 9.80 Å². The lowest BCUT2D eigenvalue weighted by Crippen LogP contribution is -2.19. The summed E-state index contributed by atoms with van der Waals surface area (Å²) in [5.41, 5.74) is 16.9. The van der Waals surface area contributed by atoms with Crippen LogP contribution in [0.3, 0.4) is 0 Å². The van der Waals surface area contributed by atoms with Gasteiger partial charge in [-0.1, -0.05) is 237 Å². The lowest BCUT2D eigenvalue weighted by Gasteiger charge is -2.28. The van der Waals surface area contributed by atoms with Crippen molar-refractivity contribution >= 4 is 28.3 Å². The number of nitrogens with zero attached hydrogens (tertiary/aromatic N) is 2. The summed E-state index contributed by atoms with van der Waals surface area (Å²) in [5.74, 6) is 0.931. The summed E-state index contributed by atoms with van der Waals surface area (Å²) < 4.78 is 0. The molecule has 8 rings (SSSR count). The van der Waals surface area contributed by atoms with Gasteiger partial charge in [0, 0.05) is 46.8 Å². The fourth-order valence-corrected chi connectivity index (χ4v) is 8.94. The molecule has 2 atom stereocenters. The molecule has 4 aliphatic carbocycles. The van der Waals surface area contributed by atoms with Crippen LogP contribution in [0.15, 0.2) is 270 Å². The van der Waals surface area contributed by atoms with Gasteiger partial charge in [-0.15, -0.1) is 0 Å². The highest BCUT2D eigenvalue weighted by atomic mass is 15.1. The monoisotopic (exact) mass is 893 g/mol. The van der Waals surface area contributed by atoms with E-state index in [-0.39, 0.29) is 5.92 Å². The van der Waals surface area contributed by atoms with Gasteiger partial charge in [-0.2, -0.15) is 0 Å². The molecule has 0 aliphatic heterocycles. The van der Waals surface area contributed by atoms with Crippen LogP contribution in [0.5, 0.6) is 0 Å². The average Bonchev–Trinajstić information content (AvgIpc) is 3.83. The molecule has 0 heterocycles. The fraction of sp³-hybridized carbons (Fsp3) is 0.212. The van der Waals surface area contributed by atoms with Gasteiger partial charge in [-0.25, -0.2) is 0 Å². The predicted molar refractivity (Wildman–Crippen MR) is 300 cm³/mol. The largest absolute Gasteiger partial charge is 0.337 e. The maximum atomic E-state index is 4.61. The molecule has 4 aromatic carbocycles. The van der Waals surface area contributed by atoms with E-state index in [0.29, 0.717) is 11.8 Å². The summed E-state index contributed by atoms with van der Waals surface area (Å²) in [6.45, 7) is 22.4. The molecule has 68 heavy (non-hydrogen) atoms. The number of rotatable bonds is 14. The Labute approximate surface area is 410 Å². The number of anilines is 4. The van der Waals surface area contributed by atoms with E-state index in [1.165, 1.54) is 50.3 Å². The maximum Gasteiger partial charge on any atom is 0.0461 e. The molecule has 0 fully saturated rings.